The molecule has 1 aliphatic rings. The first kappa shape index (κ1) is 16.3. The predicted octanol–water partition coefficient (Wildman–Crippen LogP) is 4.12. The molecule has 3 nitrogen and oxygen atoms in total. The Kier molecular flexibility index (Phi) is 6.33. The minimum absolute atomic E-state index is 0.487. The molecule has 1 heterocycles. The van der Waals surface area contributed by atoms with Crippen molar-refractivity contribution in [2.75, 3.05) is 20.3 Å². The molecule has 1 aromatic rings. The molecule has 0 bridgehead atoms. The van der Waals surface area contributed by atoms with Crippen molar-refractivity contribution < 1.29 is 9.47 Å². The number of hydrogen-bond donors (Lipinski definition) is 1. The highest BCUT2D eigenvalue weighted by Gasteiger charge is 2.20. The van der Waals surface area contributed by atoms with Gasteiger partial charge in [0.1, 0.15) is 5.75 Å². The van der Waals surface area contributed by atoms with Gasteiger partial charge in [0.05, 0.1) is 11.6 Å². The van der Waals surface area contributed by atoms with Crippen molar-refractivity contribution in [3.63, 3.8) is 0 Å². The van der Waals surface area contributed by atoms with E-state index in [2.05, 4.69) is 50.2 Å². The van der Waals surface area contributed by atoms with Crippen LogP contribution in [0.4, 0.5) is 0 Å². The van der Waals surface area contributed by atoms with Crippen LogP contribution in [0.2, 0.25) is 0 Å². The van der Waals surface area contributed by atoms with Crippen LogP contribution in [0.1, 0.15) is 25.3 Å². The van der Waals surface area contributed by atoms with Crippen LogP contribution in [0, 0.1) is 5.92 Å². The molecule has 1 aliphatic heterocycles. The predicted molar refractivity (Wildman–Crippen MR) is 88.2 cm³/mol. The fourth-order valence-electron chi connectivity index (χ4n) is 2.63. The van der Waals surface area contributed by atoms with Crippen LogP contribution >= 0.6 is 31.9 Å². The van der Waals surface area contributed by atoms with E-state index in [9.17, 15) is 0 Å². The number of rotatable bonds is 5. The molecule has 5 heteroatoms. The van der Waals surface area contributed by atoms with Crippen LogP contribution in [0.25, 0.3) is 0 Å². The fraction of sp³-hybridized carbons (Fsp3) is 0.600. The number of methoxy groups -OCH3 is 1. The third kappa shape index (κ3) is 4.20. The topological polar surface area (TPSA) is 30.5 Å². The number of halogens is 2. The summed E-state index contributed by atoms with van der Waals surface area (Å²) in [6, 6.07) is 4.60. The zero-order valence-corrected chi connectivity index (χ0v) is 15.1. The van der Waals surface area contributed by atoms with Crippen LogP contribution in [0.3, 0.4) is 0 Å². The molecule has 0 radical (unpaired) electrons. The van der Waals surface area contributed by atoms with Gasteiger partial charge in [-0.3, -0.25) is 0 Å². The second-order valence-corrected chi connectivity index (χ2v) is 6.97. The third-order valence-corrected chi connectivity index (χ3v) is 4.92. The van der Waals surface area contributed by atoms with Gasteiger partial charge in [0.25, 0.3) is 0 Å². The number of nitrogens with one attached hydrogen (secondary N) is 1. The first-order valence-electron chi connectivity index (χ1n) is 6.95. The van der Waals surface area contributed by atoms with Crippen molar-refractivity contribution >= 4 is 31.9 Å². The lowest BCUT2D eigenvalue weighted by molar-refractivity contribution is 0.0557. The Morgan fingerprint density at radius 2 is 2.05 bits per heavy atom. The van der Waals surface area contributed by atoms with Crippen molar-refractivity contribution in [1.82, 2.24) is 5.32 Å². The Bertz CT molecular complexity index is 448. The molecule has 0 spiro atoms. The Balaban J connectivity index is 1.99. The van der Waals surface area contributed by atoms with Gasteiger partial charge in [0.15, 0.2) is 0 Å². The summed E-state index contributed by atoms with van der Waals surface area (Å²) >= 11 is 7.07. The molecule has 0 amide bonds. The summed E-state index contributed by atoms with van der Waals surface area (Å²) in [5, 5.41) is 3.62. The average molecular weight is 407 g/mol. The summed E-state index contributed by atoms with van der Waals surface area (Å²) in [5.41, 5.74) is 1.16. The molecule has 0 saturated carbocycles. The van der Waals surface area contributed by atoms with Gasteiger partial charge >= 0.3 is 0 Å². The van der Waals surface area contributed by atoms with Crippen LogP contribution in [-0.2, 0) is 11.3 Å². The molecule has 1 fully saturated rings. The number of ether oxygens (including phenoxy) is 2. The van der Waals surface area contributed by atoms with Gasteiger partial charge in [-0.15, -0.1) is 0 Å². The molecular formula is C15H21Br2NO2. The Labute approximate surface area is 137 Å². The van der Waals surface area contributed by atoms with Gasteiger partial charge in [-0.05, 0) is 53.7 Å². The maximum absolute atomic E-state index is 5.48. The second-order valence-electron chi connectivity index (χ2n) is 5.20. The molecule has 20 heavy (non-hydrogen) atoms. The standard InChI is InChI=1S/C15H21Br2NO2/c1-10(11-3-5-20-6-4-11)18-9-12-7-13(16)8-14(17)15(12)19-2/h7-8,10-11,18H,3-6,9H2,1-2H3. The van der Waals surface area contributed by atoms with Crippen LogP contribution < -0.4 is 10.1 Å². The third-order valence-electron chi connectivity index (χ3n) is 3.88. The Hall–Kier alpha value is -0.100. The molecule has 0 aliphatic carbocycles. The van der Waals surface area contributed by atoms with E-state index < -0.39 is 0 Å². The molecule has 1 atom stereocenters. The Morgan fingerprint density at radius 3 is 2.70 bits per heavy atom. The highest BCUT2D eigenvalue weighted by atomic mass is 79.9. The van der Waals surface area contributed by atoms with Crippen molar-refractivity contribution in [1.29, 1.82) is 0 Å². The summed E-state index contributed by atoms with van der Waals surface area (Å²) in [4.78, 5) is 0. The lowest BCUT2D eigenvalue weighted by Crippen LogP contribution is -2.36. The van der Waals surface area contributed by atoms with Crippen LogP contribution in [-0.4, -0.2) is 26.4 Å². The minimum Gasteiger partial charge on any atom is -0.495 e. The minimum atomic E-state index is 0.487. The SMILES string of the molecule is COc1c(Br)cc(Br)cc1CNC(C)C1CCOCC1. The van der Waals surface area contributed by atoms with E-state index in [4.69, 9.17) is 9.47 Å². The van der Waals surface area contributed by atoms with Gasteiger partial charge in [0, 0.05) is 35.8 Å². The van der Waals surface area contributed by atoms with E-state index in [0.29, 0.717) is 12.0 Å². The summed E-state index contributed by atoms with van der Waals surface area (Å²) in [6.45, 7) is 4.85. The van der Waals surface area contributed by atoms with Crippen molar-refractivity contribution in [3.8, 4) is 5.75 Å². The summed E-state index contributed by atoms with van der Waals surface area (Å²) in [5.74, 6) is 1.60. The van der Waals surface area contributed by atoms with Crippen LogP contribution in [0.15, 0.2) is 21.1 Å². The quantitative estimate of drug-likeness (QED) is 0.797. The van der Waals surface area contributed by atoms with E-state index in [1.165, 1.54) is 0 Å². The Morgan fingerprint density at radius 1 is 1.35 bits per heavy atom. The summed E-state index contributed by atoms with van der Waals surface area (Å²) in [6.07, 6.45) is 2.29. The molecule has 1 aromatic carbocycles. The maximum atomic E-state index is 5.48. The zero-order valence-electron chi connectivity index (χ0n) is 11.9. The number of hydrogen-bond acceptors (Lipinski definition) is 3. The molecule has 0 aromatic heterocycles. The molecule has 1 N–H and O–H groups in total. The van der Waals surface area contributed by atoms with Crippen molar-refractivity contribution in [2.45, 2.75) is 32.4 Å². The van der Waals surface area contributed by atoms with Crippen molar-refractivity contribution in [2.24, 2.45) is 5.92 Å². The average Bonchev–Trinajstić information content (AvgIpc) is 2.45. The summed E-state index contributed by atoms with van der Waals surface area (Å²) in [7, 11) is 1.71. The maximum Gasteiger partial charge on any atom is 0.137 e. The van der Waals surface area contributed by atoms with Gasteiger partial charge in [-0.25, -0.2) is 0 Å². The first-order chi connectivity index (χ1) is 9.61. The van der Waals surface area contributed by atoms with Gasteiger partial charge in [-0.1, -0.05) is 15.9 Å². The van der Waals surface area contributed by atoms with Gasteiger partial charge in [-0.2, -0.15) is 0 Å². The fourth-order valence-corrected chi connectivity index (χ4v) is 4.10. The zero-order chi connectivity index (χ0) is 14.5. The molecule has 2 rings (SSSR count). The van der Waals surface area contributed by atoms with Gasteiger partial charge < -0.3 is 14.8 Å². The normalized spacial score (nSPS) is 18.0. The molecular weight excluding hydrogens is 386 g/mol. The highest BCUT2D eigenvalue weighted by Crippen LogP contribution is 2.32. The smallest absolute Gasteiger partial charge is 0.137 e. The lowest BCUT2D eigenvalue weighted by Gasteiger charge is -2.28. The molecule has 1 unspecified atom stereocenters. The van der Waals surface area contributed by atoms with Crippen molar-refractivity contribution in [3.05, 3.63) is 26.6 Å². The van der Waals surface area contributed by atoms with E-state index in [1.807, 2.05) is 6.07 Å². The number of benzene rings is 1. The highest BCUT2D eigenvalue weighted by molar-refractivity contribution is 9.11. The first-order valence-corrected chi connectivity index (χ1v) is 8.53. The van der Waals surface area contributed by atoms with E-state index in [1.54, 1.807) is 7.11 Å². The second kappa shape index (κ2) is 7.78. The monoisotopic (exact) mass is 405 g/mol. The summed E-state index contributed by atoms with van der Waals surface area (Å²) < 4.78 is 12.9. The molecule has 1 saturated heterocycles. The molecule has 112 valence electrons. The lowest BCUT2D eigenvalue weighted by atomic mass is 9.93. The van der Waals surface area contributed by atoms with Gasteiger partial charge in [0.2, 0.25) is 0 Å². The van der Waals surface area contributed by atoms with E-state index >= 15 is 0 Å². The van der Waals surface area contributed by atoms with E-state index in [0.717, 1.165) is 52.9 Å². The largest absolute Gasteiger partial charge is 0.495 e. The van der Waals surface area contributed by atoms with E-state index in [-0.39, 0.29) is 0 Å². The van der Waals surface area contributed by atoms with Crippen LogP contribution in [0.5, 0.6) is 5.75 Å².